The van der Waals surface area contributed by atoms with Crippen LogP contribution in [0.4, 0.5) is 0 Å². The predicted octanol–water partition coefficient (Wildman–Crippen LogP) is -1.41. The van der Waals surface area contributed by atoms with Gasteiger partial charge in [-0.3, -0.25) is 24.4 Å². The van der Waals surface area contributed by atoms with Gasteiger partial charge in [-0.1, -0.05) is 5.21 Å². The summed E-state index contributed by atoms with van der Waals surface area (Å²) in [6.07, 6.45) is 3.98. The summed E-state index contributed by atoms with van der Waals surface area (Å²) in [5, 5.41) is 12.1. The van der Waals surface area contributed by atoms with E-state index in [4.69, 9.17) is 0 Å². The highest BCUT2D eigenvalue weighted by Crippen LogP contribution is 2.04. The van der Waals surface area contributed by atoms with Gasteiger partial charge in [0.15, 0.2) is 0 Å². The summed E-state index contributed by atoms with van der Waals surface area (Å²) < 4.78 is 1.53. The van der Waals surface area contributed by atoms with Crippen molar-refractivity contribution in [2.24, 2.45) is 0 Å². The molecule has 8 nitrogen and oxygen atoms in total. The smallest absolute Gasteiger partial charge is 0.249 e. The van der Waals surface area contributed by atoms with Gasteiger partial charge in [0.1, 0.15) is 6.04 Å². The van der Waals surface area contributed by atoms with E-state index >= 15 is 0 Å². The van der Waals surface area contributed by atoms with Gasteiger partial charge in [0.2, 0.25) is 17.7 Å². The van der Waals surface area contributed by atoms with Gasteiger partial charge in [-0.05, 0) is 6.42 Å². The molecule has 0 saturated carbocycles. The van der Waals surface area contributed by atoms with E-state index in [1.165, 1.54) is 10.9 Å². The van der Waals surface area contributed by atoms with E-state index < -0.39 is 11.9 Å². The number of aryl methyl sites for hydroxylation is 1. The fraction of sp³-hybridized carbons (Fsp3) is 0.500. The molecule has 2 rings (SSSR count). The van der Waals surface area contributed by atoms with Gasteiger partial charge in [-0.2, -0.15) is 0 Å². The second-order valence-electron chi connectivity index (χ2n) is 3.99. The Kier molecular flexibility index (Phi) is 3.66. The minimum absolute atomic E-state index is 0.209. The number of imide groups is 1. The molecule has 0 aromatic carbocycles. The maximum Gasteiger partial charge on any atom is 0.249 e. The van der Waals surface area contributed by atoms with Crippen LogP contribution in [0.3, 0.4) is 0 Å². The Morgan fingerprint density at radius 3 is 3.06 bits per heavy atom. The Labute approximate surface area is 103 Å². The Bertz CT molecular complexity index is 456. The number of amides is 3. The Balaban J connectivity index is 1.77. The van der Waals surface area contributed by atoms with E-state index in [9.17, 15) is 14.4 Å². The molecule has 96 valence electrons. The van der Waals surface area contributed by atoms with Crippen LogP contribution in [0, 0.1) is 0 Å². The topological polar surface area (TPSA) is 106 Å². The van der Waals surface area contributed by atoms with Gasteiger partial charge >= 0.3 is 0 Å². The first kappa shape index (κ1) is 12.2. The zero-order valence-electron chi connectivity index (χ0n) is 9.63. The molecule has 18 heavy (non-hydrogen) atoms. The molecule has 2 heterocycles. The fourth-order valence-electron chi connectivity index (χ4n) is 1.67. The lowest BCUT2D eigenvalue weighted by molar-refractivity contribution is -0.137. The second kappa shape index (κ2) is 5.39. The number of aromatic nitrogens is 3. The van der Waals surface area contributed by atoms with E-state index in [0.717, 1.165) is 0 Å². The van der Waals surface area contributed by atoms with Crippen LogP contribution in [0.25, 0.3) is 0 Å². The van der Waals surface area contributed by atoms with Gasteiger partial charge in [0.05, 0.1) is 12.7 Å². The number of hydrogen-bond donors (Lipinski definition) is 2. The summed E-state index contributed by atoms with van der Waals surface area (Å²) in [5.74, 6) is -0.992. The zero-order chi connectivity index (χ0) is 13.0. The fourth-order valence-corrected chi connectivity index (χ4v) is 1.67. The lowest BCUT2D eigenvalue weighted by Gasteiger charge is -2.21. The summed E-state index contributed by atoms with van der Waals surface area (Å²) in [5.41, 5.74) is 0. The summed E-state index contributed by atoms with van der Waals surface area (Å²) in [6, 6.07) is -0.619. The van der Waals surface area contributed by atoms with Crippen molar-refractivity contribution in [1.29, 1.82) is 0 Å². The van der Waals surface area contributed by atoms with Crippen LogP contribution < -0.4 is 10.6 Å². The van der Waals surface area contributed by atoms with Crippen LogP contribution in [0.5, 0.6) is 0 Å². The summed E-state index contributed by atoms with van der Waals surface area (Å²) in [6.45, 7) is 0.402. The first-order valence-electron chi connectivity index (χ1n) is 5.62. The Hall–Kier alpha value is -2.25. The van der Waals surface area contributed by atoms with Gasteiger partial charge in [-0.25, -0.2) is 0 Å². The molecule has 1 aliphatic heterocycles. The average molecular weight is 251 g/mol. The second-order valence-corrected chi connectivity index (χ2v) is 3.99. The van der Waals surface area contributed by atoms with Crippen molar-refractivity contribution in [2.45, 2.75) is 31.8 Å². The summed E-state index contributed by atoms with van der Waals surface area (Å²) in [4.78, 5) is 33.9. The van der Waals surface area contributed by atoms with Gasteiger partial charge in [0.25, 0.3) is 0 Å². The molecule has 0 spiro atoms. The van der Waals surface area contributed by atoms with E-state index in [1.807, 2.05) is 0 Å². The van der Waals surface area contributed by atoms with Crippen molar-refractivity contribution >= 4 is 17.7 Å². The molecule has 1 saturated heterocycles. The Morgan fingerprint density at radius 2 is 2.39 bits per heavy atom. The molecule has 1 aliphatic rings. The maximum absolute atomic E-state index is 11.6. The van der Waals surface area contributed by atoms with Crippen molar-refractivity contribution in [1.82, 2.24) is 25.6 Å². The number of nitrogens with zero attached hydrogens (tertiary/aromatic N) is 3. The lowest BCUT2D eigenvalue weighted by Crippen LogP contribution is -2.52. The number of carbonyl (C=O) groups is 3. The van der Waals surface area contributed by atoms with Crippen molar-refractivity contribution < 1.29 is 14.4 Å². The monoisotopic (exact) mass is 251 g/mol. The molecule has 0 bridgehead atoms. The van der Waals surface area contributed by atoms with Gasteiger partial charge < -0.3 is 5.32 Å². The first-order chi connectivity index (χ1) is 8.65. The molecule has 1 aromatic heterocycles. The van der Waals surface area contributed by atoms with Crippen LogP contribution in [-0.4, -0.2) is 38.8 Å². The minimum atomic E-state index is -0.619. The number of carbonyl (C=O) groups excluding carboxylic acids is 3. The van der Waals surface area contributed by atoms with Crippen LogP contribution in [0.2, 0.25) is 0 Å². The molecule has 1 aromatic rings. The minimum Gasteiger partial charge on any atom is -0.344 e. The van der Waals surface area contributed by atoms with Gasteiger partial charge in [0, 0.05) is 19.0 Å². The number of hydrogen-bond acceptors (Lipinski definition) is 5. The van der Waals surface area contributed by atoms with Crippen molar-refractivity contribution in [3.63, 3.8) is 0 Å². The number of rotatable bonds is 4. The normalized spacial score (nSPS) is 19.4. The van der Waals surface area contributed by atoms with Crippen molar-refractivity contribution in [3.8, 4) is 0 Å². The molecular formula is C10H13N5O3. The zero-order valence-corrected chi connectivity index (χ0v) is 9.63. The van der Waals surface area contributed by atoms with Crippen LogP contribution in [0.1, 0.15) is 19.3 Å². The molecule has 1 atom stereocenters. The van der Waals surface area contributed by atoms with Crippen LogP contribution in [0.15, 0.2) is 12.4 Å². The van der Waals surface area contributed by atoms with Crippen molar-refractivity contribution in [3.05, 3.63) is 12.4 Å². The van der Waals surface area contributed by atoms with Gasteiger partial charge in [-0.15, -0.1) is 5.10 Å². The van der Waals surface area contributed by atoms with E-state index in [1.54, 1.807) is 6.20 Å². The van der Waals surface area contributed by atoms with E-state index in [2.05, 4.69) is 20.9 Å². The summed E-state index contributed by atoms with van der Waals surface area (Å²) >= 11 is 0. The van der Waals surface area contributed by atoms with E-state index in [-0.39, 0.29) is 24.7 Å². The molecule has 1 unspecified atom stereocenters. The standard InChI is InChI=1S/C10H13N5O3/c16-8-2-1-7(10(18)13-8)12-9(17)3-5-15-6-4-11-14-15/h4,6-7H,1-3,5H2,(H,12,17)(H,13,16,18). The predicted molar refractivity (Wildman–Crippen MR) is 59.0 cm³/mol. The summed E-state index contributed by atoms with van der Waals surface area (Å²) in [7, 11) is 0. The highest BCUT2D eigenvalue weighted by atomic mass is 16.2. The molecule has 1 fully saturated rings. The molecule has 2 N–H and O–H groups in total. The number of nitrogens with one attached hydrogen (secondary N) is 2. The lowest BCUT2D eigenvalue weighted by atomic mass is 10.1. The van der Waals surface area contributed by atoms with Crippen LogP contribution in [-0.2, 0) is 20.9 Å². The first-order valence-corrected chi connectivity index (χ1v) is 5.62. The largest absolute Gasteiger partial charge is 0.344 e. The third-order valence-electron chi connectivity index (χ3n) is 2.61. The maximum atomic E-state index is 11.6. The molecular weight excluding hydrogens is 238 g/mol. The SMILES string of the molecule is O=C1CCC(NC(=O)CCn2ccnn2)C(=O)N1. The molecule has 0 radical (unpaired) electrons. The highest BCUT2D eigenvalue weighted by Gasteiger charge is 2.27. The highest BCUT2D eigenvalue weighted by molar-refractivity contribution is 6.01. The third kappa shape index (κ3) is 3.12. The van der Waals surface area contributed by atoms with E-state index in [0.29, 0.717) is 13.0 Å². The van der Waals surface area contributed by atoms with Crippen LogP contribution >= 0.6 is 0 Å². The average Bonchev–Trinajstić information content (AvgIpc) is 2.83. The molecule has 8 heteroatoms. The Morgan fingerprint density at radius 1 is 1.56 bits per heavy atom. The molecule has 0 aliphatic carbocycles. The van der Waals surface area contributed by atoms with Crippen molar-refractivity contribution in [2.75, 3.05) is 0 Å². The quantitative estimate of drug-likeness (QED) is 0.639. The number of piperidine rings is 1. The molecule has 3 amide bonds. The third-order valence-corrected chi connectivity index (χ3v) is 2.61.